The van der Waals surface area contributed by atoms with E-state index in [4.69, 9.17) is 46.2 Å². The Bertz CT molecular complexity index is 5800. The molecule has 0 saturated heterocycles. The Labute approximate surface area is 843 Å². The number of rotatable bonds is 48. The van der Waals surface area contributed by atoms with Crippen molar-refractivity contribution in [3.05, 3.63) is 114 Å². The predicted octanol–water partition coefficient (Wildman–Crippen LogP) is 34.8. The highest BCUT2D eigenvalue weighted by Gasteiger charge is 2.52. The zero-order valence-corrected chi connectivity index (χ0v) is 93.7. The molecule has 0 aromatic carbocycles. The fraction of sp³-hybridized carbons (Fsp3) is 0.538. The summed E-state index contributed by atoms with van der Waals surface area (Å²) in [6.45, 7) is 33.0. The number of halogens is 2. The monoisotopic (exact) mass is 2120 g/mol. The van der Waals surface area contributed by atoms with Gasteiger partial charge in [-0.1, -0.05) is 283 Å². The Kier molecular flexibility index (Phi) is 37.0. The molecule has 2 aliphatic rings. The number of pyridine rings is 4. The van der Waals surface area contributed by atoms with Crippen molar-refractivity contribution >= 4 is 239 Å². The van der Waals surface area contributed by atoms with Gasteiger partial charge in [0.1, 0.15) is 83.1 Å². The number of unbranched alkanes of at least 4 members (excludes halogenated alkanes) is 7. The van der Waals surface area contributed by atoms with E-state index in [1.54, 1.807) is 25.6 Å². The molecule has 0 fully saturated rings. The summed E-state index contributed by atoms with van der Waals surface area (Å²) in [6.07, 6.45) is 47.6. The minimum absolute atomic E-state index is 0.694. The maximum absolute atomic E-state index is 5.37. The summed E-state index contributed by atoms with van der Waals surface area (Å²) >= 11 is 26.0. The number of nitrogens with zero attached hydrogens (tertiary/aromatic N) is 12. The maximum atomic E-state index is 5.37. The average molecular weight is 2120 g/mol. The van der Waals surface area contributed by atoms with E-state index in [1.165, 1.54) is 316 Å². The second kappa shape index (κ2) is 48.2. The van der Waals surface area contributed by atoms with Gasteiger partial charge in [-0.3, -0.25) is 19.9 Å². The lowest BCUT2D eigenvalue weighted by molar-refractivity contribution is 0.452. The van der Waals surface area contributed by atoms with Crippen LogP contribution >= 0.6 is 158 Å². The van der Waals surface area contributed by atoms with E-state index in [2.05, 4.69) is 216 Å². The molecule has 698 valence electrons. The van der Waals surface area contributed by atoms with Gasteiger partial charge in [0.25, 0.3) is 0 Å². The molecular formula is C104H134Br2N12S11Si2. The first-order valence-electron chi connectivity index (χ1n) is 49.6. The standard InChI is InChI=1S/C58H76N6S6Si.C34H38Br2N6S4Si.C12H20S/c1-9-17-21-37(13-5)29-41-25-27-45(65-41)43-33-59-53(55-51(43)61-69-63-55)47-31-49-57(67-47)58-50(71(49,35-39(15-7)23-19-11-3)36-40(16-8)24-20-12-4)32-48(68-58)54-56-52(62-70-64-56)44(34-60-54)46-28-26-42(66-46)30-38(14-6)22-18-10-2;1-5-9-11-19(7-3)17-47(18-20(8-4)12-10-6-2)25-13-23(29-31-27(39-45-41-31)21(35)15-37-29)43-33(25)34-26(47)14-24(44-34)30-32-28(40-46-42-32)22(36)16-38-30;1-3-5-7-11(4-2)10-12-8-6-9-13-12/h25-28,31-34,37-40H,9-24,29-30,35-36H2,1-8H3;13-16,19-20H,5-12,17-18H2,1-4H3;6,8-9,11H,3-5,7,10H2,1-2H3. The van der Waals surface area contributed by atoms with Gasteiger partial charge in [-0.05, 0) is 197 Å². The van der Waals surface area contributed by atoms with Gasteiger partial charge in [0.15, 0.2) is 0 Å². The molecule has 0 N–H and O–H groups in total. The number of hydrogen-bond donors (Lipinski definition) is 0. The van der Waals surface area contributed by atoms with Crippen LogP contribution in [0.4, 0.5) is 0 Å². The number of aromatic nitrogens is 12. The fourth-order valence-corrected chi connectivity index (χ4v) is 47.8. The van der Waals surface area contributed by atoms with Crippen LogP contribution in [0.5, 0.6) is 0 Å². The first-order valence-corrected chi connectivity index (χ1v) is 64.7. The van der Waals surface area contributed by atoms with Crippen LogP contribution in [0.15, 0.2) is 99.8 Å². The molecule has 15 aromatic rings. The molecule has 0 amide bonds. The third-order valence-corrected chi connectivity index (χ3v) is 51.5. The van der Waals surface area contributed by atoms with Crippen LogP contribution in [-0.4, -0.2) is 71.1 Å². The van der Waals surface area contributed by atoms with Crippen LogP contribution in [-0.2, 0) is 19.3 Å². The van der Waals surface area contributed by atoms with Crippen molar-refractivity contribution in [3.63, 3.8) is 0 Å². The SMILES string of the molecule is CCCCC(CC)C[Si]1(CC(CC)CCCC)c2cc(-c3ncc(Br)c4nsnc34)sc2-c2sc(-c3ncc(Br)c4nsnc34)cc21.CCCCC(CC)Cc1ccc(-c2cnc(-c3cc4c(s3)-c3sc(-c5ncc(-c6ccc(CC(CC)CCCC)s6)c6nsnc56)cc3[Si]4(CC(CC)CCCC)CC(CC)CCCC)c3nsnc23)s1.CCCCC(CC)Cc1cccs1. The van der Waals surface area contributed by atoms with E-state index in [0.717, 1.165) is 129 Å². The van der Waals surface area contributed by atoms with Gasteiger partial charge in [-0.15, -0.1) is 79.4 Å². The van der Waals surface area contributed by atoms with E-state index >= 15 is 0 Å². The van der Waals surface area contributed by atoms with Crippen LogP contribution in [0, 0.1) is 41.4 Å². The number of fused-ring (bicyclic) bond motifs is 10. The lowest BCUT2D eigenvalue weighted by Gasteiger charge is -2.35. The summed E-state index contributed by atoms with van der Waals surface area (Å²) in [6, 6.07) is 29.3. The van der Waals surface area contributed by atoms with Gasteiger partial charge in [0, 0.05) is 79.8 Å². The second-order valence-electron chi connectivity index (χ2n) is 37.3. The lowest BCUT2D eigenvalue weighted by Crippen LogP contribution is -2.56. The summed E-state index contributed by atoms with van der Waals surface area (Å²) in [5, 5.41) is 8.78. The number of thiophene rings is 7. The molecule has 131 heavy (non-hydrogen) atoms. The lowest BCUT2D eigenvalue weighted by atomic mass is 9.95. The molecule has 7 unspecified atom stereocenters. The van der Waals surface area contributed by atoms with Gasteiger partial charge in [0.05, 0.1) is 75.4 Å². The molecule has 0 saturated carbocycles. The van der Waals surface area contributed by atoms with Gasteiger partial charge in [0.2, 0.25) is 0 Å². The van der Waals surface area contributed by atoms with Crippen molar-refractivity contribution in [3.8, 4) is 82.7 Å². The van der Waals surface area contributed by atoms with Crippen LogP contribution in [0.25, 0.3) is 127 Å². The van der Waals surface area contributed by atoms with Crippen molar-refractivity contribution in [1.29, 1.82) is 0 Å². The molecule has 0 radical (unpaired) electrons. The maximum Gasteiger partial charge on any atom is 0.133 e. The molecule has 0 spiro atoms. The fourth-order valence-electron chi connectivity index (χ4n) is 20.7. The molecule has 12 nitrogen and oxygen atoms in total. The Balaban J connectivity index is 0.000000186. The Morgan fingerprint density at radius 2 is 0.550 bits per heavy atom. The molecule has 2 aliphatic heterocycles. The summed E-state index contributed by atoms with van der Waals surface area (Å²) in [4.78, 5) is 38.4. The van der Waals surface area contributed by atoms with Gasteiger partial charge >= 0.3 is 0 Å². The highest BCUT2D eigenvalue weighted by Crippen LogP contribution is 2.54. The van der Waals surface area contributed by atoms with E-state index in [-0.39, 0.29) is 0 Å². The van der Waals surface area contributed by atoms with Crippen LogP contribution in [0.3, 0.4) is 0 Å². The van der Waals surface area contributed by atoms with Gasteiger partial charge in [-0.25, -0.2) is 0 Å². The predicted molar refractivity (Wildman–Crippen MR) is 592 cm³/mol. The van der Waals surface area contributed by atoms with Gasteiger partial charge in [-0.2, -0.15) is 35.0 Å². The number of hydrogen-bond acceptors (Lipinski definition) is 23. The molecule has 17 rings (SSSR count). The molecule has 17 heterocycles. The summed E-state index contributed by atoms with van der Waals surface area (Å²) in [7, 11) is -4.55. The smallest absolute Gasteiger partial charge is 0.133 e. The quantitative estimate of drug-likeness (QED) is 0.0333. The topological polar surface area (TPSA) is 155 Å². The Hall–Kier alpha value is -4.83. The second-order valence-corrected chi connectivity index (χ2v) is 56.8. The molecule has 27 heteroatoms. The Morgan fingerprint density at radius 3 is 0.832 bits per heavy atom. The summed E-state index contributed by atoms with van der Waals surface area (Å²) < 4.78 is 40.5. The largest absolute Gasteiger partial charge is 0.252 e. The minimum atomic E-state index is -2.34. The van der Waals surface area contributed by atoms with Crippen molar-refractivity contribution in [2.45, 2.75) is 320 Å². The van der Waals surface area contributed by atoms with Crippen LogP contribution in [0.2, 0.25) is 24.2 Å². The molecule has 15 aromatic heterocycles. The van der Waals surface area contributed by atoms with E-state index in [9.17, 15) is 0 Å². The van der Waals surface area contributed by atoms with Crippen molar-refractivity contribution in [2.24, 2.45) is 41.4 Å². The van der Waals surface area contributed by atoms with Crippen molar-refractivity contribution in [2.75, 3.05) is 0 Å². The Morgan fingerprint density at radius 1 is 0.282 bits per heavy atom. The van der Waals surface area contributed by atoms with Crippen molar-refractivity contribution in [1.82, 2.24) is 54.9 Å². The van der Waals surface area contributed by atoms with Crippen LogP contribution < -0.4 is 20.7 Å². The van der Waals surface area contributed by atoms with Crippen molar-refractivity contribution < 1.29 is 0 Å². The molecule has 0 aliphatic carbocycles. The molecule has 0 bridgehead atoms. The highest BCUT2D eigenvalue weighted by molar-refractivity contribution is 9.11. The highest BCUT2D eigenvalue weighted by atomic mass is 79.9. The average Bonchev–Trinajstić information content (AvgIpc) is 1.54. The normalized spacial score (nSPS) is 15.5. The zero-order chi connectivity index (χ0) is 91.7. The van der Waals surface area contributed by atoms with E-state index < -0.39 is 16.1 Å². The third kappa shape index (κ3) is 22.6. The molecular weight excluding hydrogens is 1990 g/mol. The third-order valence-electron chi connectivity index (χ3n) is 28.7. The first kappa shape index (κ1) is 101. The van der Waals surface area contributed by atoms with Crippen LogP contribution in [0.1, 0.15) is 291 Å². The first-order chi connectivity index (χ1) is 64.1. The summed E-state index contributed by atoms with van der Waals surface area (Å²) in [5.74, 6) is 5.22. The summed E-state index contributed by atoms with van der Waals surface area (Å²) in [5.41, 5.74) is 13.6. The van der Waals surface area contributed by atoms with Gasteiger partial charge < -0.3 is 0 Å². The zero-order valence-electron chi connectivity index (χ0n) is 79.6. The molecule has 7 atom stereocenters. The van der Waals surface area contributed by atoms with E-state index in [1.807, 2.05) is 91.8 Å². The van der Waals surface area contributed by atoms with E-state index in [0.29, 0.717) is 11.8 Å². The minimum Gasteiger partial charge on any atom is -0.252 e.